The Morgan fingerprint density at radius 3 is 2.56 bits per heavy atom. The number of anilines is 1. The number of benzene rings is 2. The van der Waals surface area contributed by atoms with E-state index in [1.807, 2.05) is 24.3 Å². The predicted octanol–water partition coefficient (Wildman–Crippen LogP) is 3.43. The summed E-state index contributed by atoms with van der Waals surface area (Å²) in [6.45, 7) is 1.86. The minimum absolute atomic E-state index is 0.0436. The first-order valence-electron chi connectivity index (χ1n) is 10.6. The third-order valence-corrected chi connectivity index (χ3v) is 5.88. The lowest BCUT2D eigenvalue weighted by molar-refractivity contribution is -0.125. The van der Waals surface area contributed by atoms with Gasteiger partial charge in [0.05, 0.1) is 12.8 Å². The number of hydrogen-bond acceptors (Lipinski definition) is 5. The quantitative estimate of drug-likeness (QED) is 0.620. The molecule has 0 radical (unpaired) electrons. The van der Waals surface area contributed by atoms with Crippen molar-refractivity contribution in [1.29, 1.82) is 0 Å². The van der Waals surface area contributed by atoms with Gasteiger partial charge in [0.15, 0.2) is 0 Å². The van der Waals surface area contributed by atoms with Gasteiger partial charge in [0.1, 0.15) is 11.6 Å². The molecule has 1 amide bonds. The van der Waals surface area contributed by atoms with Gasteiger partial charge in [0, 0.05) is 36.6 Å². The van der Waals surface area contributed by atoms with Crippen LogP contribution in [0.4, 0.5) is 5.82 Å². The number of piperidine rings is 1. The minimum Gasteiger partial charge on any atom is -0.497 e. The first kappa shape index (κ1) is 21.9. The molecule has 1 N–H and O–H groups in total. The predicted molar refractivity (Wildman–Crippen MR) is 125 cm³/mol. The largest absolute Gasteiger partial charge is 0.497 e. The zero-order valence-electron chi connectivity index (χ0n) is 17.8. The van der Waals surface area contributed by atoms with Crippen molar-refractivity contribution in [2.24, 2.45) is 5.92 Å². The van der Waals surface area contributed by atoms with Crippen LogP contribution in [0, 0.1) is 5.92 Å². The molecule has 1 fully saturated rings. The minimum atomic E-state index is -0.200. The molecule has 4 rings (SSSR count). The second-order valence-corrected chi connectivity index (χ2v) is 8.19. The standard InChI is InChI=1S/C24H25ClN4O3/c1-32-21-7-5-20(6-8-21)29-23(30)10-9-22(27-29)28-13-11-18(12-14-28)24(31)26-16-17-3-2-4-19(25)15-17/h2-10,15,18H,11-14,16H2,1H3,(H,26,31). The van der Waals surface area contributed by atoms with Crippen LogP contribution in [0.2, 0.25) is 5.02 Å². The third kappa shape index (κ3) is 5.11. The van der Waals surface area contributed by atoms with Crippen molar-refractivity contribution < 1.29 is 9.53 Å². The summed E-state index contributed by atoms with van der Waals surface area (Å²) in [4.78, 5) is 27.1. The highest BCUT2D eigenvalue weighted by atomic mass is 35.5. The summed E-state index contributed by atoms with van der Waals surface area (Å²) in [5.41, 5.74) is 1.45. The molecule has 166 valence electrons. The molecule has 0 spiro atoms. The Kier molecular flexibility index (Phi) is 6.75. The smallest absolute Gasteiger partial charge is 0.271 e. The lowest BCUT2D eigenvalue weighted by Gasteiger charge is -2.32. The normalized spacial score (nSPS) is 14.2. The van der Waals surface area contributed by atoms with Crippen LogP contribution in [-0.4, -0.2) is 35.9 Å². The topological polar surface area (TPSA) is 76.5 Å². The number of aromatic nitrogens is 2. The highest BCUT2D eigenvalue weighted by molar-refractivity contribution is 6.30. The van der Waals surface area contributed by atoms with Gasteiger partial charge < -0.3 is 15.0 Å². The summed E-state index contributed by atoms with van der Waals surface area (Å²) < 4.78 is 6.56. The van der Waals surface area contributed by atoms with E-state index in [0.29, 0.717) is 36.1 Å². The number of carbonyl (C=O) groups is 1. The molecule has 0 saturated carbocycles. The van der Waals surface area contributed by atoms with Gasteiger partial charge in [-0.1, -0.05) is 23.7 Å². The highest BCUT2D eigenvalue weighted by Crippen LogP contribution is 2.22. The number of nitrogens with one attached hydrogen (secondary N) is 1. The van der Waals surface area contributed by atoms with Crippen molar-refractivity contribution in [3.8, 4) is 11.4 Å². The van der Waals surface area contributed by atoms with Crippen molar-refractivity contribution in [1.82, 2.24) is 15.1 Å². The molecule has 0 bridgehead atoms. The van der Waals surface area contributed by atoms with Gasteiger partial charge in [0.2, 0.25) is 5.91 Å². The first-order valence-corrected chi connectivity index (χ1v) is 10.9. The summed E-state index contributed by atoms with van der Waals surface area (Å²) >= 11 is 6.01. The molecule has 1 aliphatic rings. The maximum absolute atomic E-state index is 12.6. The van der Waals surface area contributed by atoms with Crippen LogP contribution in [0.3, 0.4) is 0 Å². The Labute approximate surface area is 191 Å². The summed E-state index contributed by atoms with van der Waals surface area (Å²) in [5.74, 6) is 1.45. The Morgan fingerprint density at radius 2 is 1.88 bits per heavy atom. The number of rotatable bonds is 6. The van der Waals surface area contributed by atoms with Crippen molar-refractivity contribution >= 4 is 23.3 Å². The molecule has 0 unspecified atom stereocenters. The molecule has 2 heterocycles. The third-order valence-electron chi connectivity index (χ3n) is 5.65. The Morgan fingerprint density at radius 1 is 1.12 bits per heavy atom. The van der Waals surface area contributed by atoms with Gasteiger partial charge in [-0.05, 0) is 60.9 Å². The van der Waals surface area contributed by atoms with Crippen LogP contribution in [0.5, 0.6) is 5.75 Å². The average Bonchev–Trinajstić information content (AvgIpc) is 2.83. The number of amides is 1. The molecular formula is C24H25ClN4O3. The van der Waals surface area contributed by atoms with E-state index in [-0.39, 0.29) is 17.4 Å². The Bertz CT molecular complexity index is 1140. The lowest BCUT2D eigenvalue weighted by atomic mass is 9.96. The first-order chi connectivity index (χ1) is 15.5. The maximum atomic E-state index is 12.6. The Hall–Kier alpha value is -3.32. The zero-order chi connectivity index (χ0) is 22.5. The summed E-state index contributed by atoms with van der Waals surface area (Å²) in [7, 11) is 1.60. The van der Waals surface area contributed by atoms with Gasteiger partial charge in [-0.3, -0.25) is 9.59 Å². The zero-order valence-corrected chi connectivity index (χ0v) is 18.6. The molecule has 8 heteroatoms. The summed E-state index contributed by atoms with van der Waals surface area (Å²) in [5, 5.41) is 8.22. The van der Waals surface area contributed by atoms with Crippen LogP contribution in [-0.2, 0) is 11.3 Å². The number of carbonyl (C=O) groups excluding carboxylic acids is 1. The van der Waals surface area contributed by atoms with Gasteiger partial charge in [-0.15, -0.1) is 5.10 Å². The molecule has 0 aliphatic carbocycles. The molecular weight excluding hydrogens is 428 g/mol. The molecule has 7 nitrogen and oxygen atoms in total. The van der Waals surface area contributed by atoms with Crippen LogP contribution in [0.15, 0.2) is 65.5 Å². The van der Waals surface area contributed by atoms with Crippen LogP contribution in [0.1, 0.15) is 18.4 Å². The number of methoxy groups -OCH3 is 1. The maximum Gasteiger partial charge on any atom is 0.271 e. The van der Waals surface area contributed by atoms with Crippen molar-refractivity contribution in [3.63, 3.8) is 0 Å². The average molecular weight is 453 g/mol. The molecule has 2 aromatic carbocycles. The van der Waals surface area contributed by atoms with E-state index in [2.05, 4.69) is 15.3 Å². The van der Waals surface area contributed by atoms with Gasteiger partial charge >= 0.3 is 0 Å². The van der Waals surface area contributed by atoms with Crippen LogP contribution in [0.25, 0.3) is 5.69 Å². The second-order valence-electron chi connectivity index (χ2n) is 7.75. The van der Waals surface area contributed by atoms with E-state index in [1.54, 1.807) is 37.4 Å². The number of hydrogen-bond donors (Lipinski definition) is 1. The van der Waals surface area contributed by atoms with E-state index in [4.69, 9.17) is 16.3 Å². The fourth-order valence-corrected chi connectivity index (χ4v) is 4.04. The van der Waals surface area contributed by atoms with E-state index >= 15 is 0 Å². The van der Waals surface area contributed by atoms with Crippen molar-refractivity contribution in [2.45, 2.75) is 19.4 Å². The van der Waals surface area contributed by atoms with Crippen molar-refractivity contribution in [2.75, 3.05) is 25.1 Å². The fraction of sp³-hybridized carbons (Fsp3) is 0.292. The summed E-state index contributed by atoms with van der Waals surface area (Å²) in [6, 6.07) is 17.9. The van der Waals surface area contributed by atoms with E-state index in [0.717, 1.165) is 24.2 Å². The van der Waals surface area contributed by atoms with Crippen molar-refractivity contribution in [3.05, 3.63) is 81.6 Å². The molecule has 1 aliphatic heterocycles. The monoisotopic (exact) mass is 452 g/mol. The molecule has 1 saturated heterocycles. The molecule has 32 heavy (non-hydrogen) atoms. The number of halogens is 1. The number of nitrogens with zero attached hydrogens (tertiary/aromatic N) is 3. The SMILES string of the molecule is COc1ccc(-n2nc(N3CCC(C(=O)NCc4cccc(Cl)c4)CC3)ccc2=O)cc1. The van der Waals surface area contributed by atoms with Gasteiger partial charge in [-0.25, -0.2) is 0 Å². The van der Waals surface area contributed by atoms with Crippen LogP contribution >= 0.6 is 11.6 Å². The number of ether oxygens (including phenoxy) is 1. The van der Waals surface area contributed by atoms with Gasteiger partial charge in [0.25, 0.3) is 5.56 Å². The van der Waals surface area contributed by atoms with E-state index < -0.39 is 0 Å². The second kappa shape index (κ2) is 9.87. The Balaban J connectivity index is 1.37. The van der Waals surface area contributed by atoms with Gasteiger partial charge in [-0.2, -0.15) is 4.68 Å². The molecule has 3 aromatic rings. The highest BCUT2D eigenvalue weighted by Gasteiger charge is 2.25. The van der Waals surface area contributed by atoms with Crippen LogP contribution < -0.4 is 20.5 Å². The summed E-state index contributed by atoms with van der Waals surface area (Å²) in [6.07, 6.45) is 1.45. The van der Waals surface area contributed by atoms with E-state index in [1.165, 1.54) is 10.7 Å². The molecule has 0 atom stereocenters. The fourth-order valence-electron chi connectivity index (χ4n) is 3.83. The molecule has 1 aromatic heterocycles. The lowest BCUT2D eigenvalue weighted by Crippen LogP contribution is -2.41. The van der Waals surface area contributed by atoms with E-state index in [9.17, 15) is 9.59 Å².